The van der Waals surface area contributed by atoms with Crippen LogP contribution in [0.25, 0.3) is 0 Å². The number of amides is 2. The van der Waals surface area contributed by atoms with Gasteiger partial charge >= 0.3 is 0 Å². The van der Waals surface area contributed by atoms with Crippen LogP contribution in [0.1, 0.15) is 40.3 Å². The number of rotatable bonds is 7. The van der Waals surface area contributed by atoms with Gasteiger partial charge in [0.25, 0.3) is 5.91 Å². The van der Waals surface area contributed by atoms with Gasteiger partial charge in [0.2, 0.25) is 5.91 Å². The molecular formula is C22H24ClN5O2S. The minimum absolute atomic E-state index is 0.115. The Labute approximate surface area is 190 Å². The fourth-order valence-corrected chi connectivity index (χ4v) is 3.94. The number of hydrogen-bond acceptors (Lipinski definition) is 5. The van der Waals surface area contributed by atoms with E-state index in [2.05, 4.69) is 20.8 Å². The number of benzene rings is 2. The zero-order chi connectivity index (χ0) is 22.5. The van der Waals surface area contributed by atoms with Crippen LogP contribution in [-0.4, -0.2) is 32.3 Å². The summed E-state index contributed by atoms with van der Waals surface area (Å²) in [6.45, 7) is 5.76. The Hall–Kier alpha value is -2.84. The fourth-order valence-electron chi connectivity index (χ4n) is 3.09. The maximum atomic E-state index is 12.4. The van der Waals surface area contributed by atoms with E-state index in [0.717, 1.165) is 16.8 Å². The molecule has 1 aromatic heterocycles. The van der Waals surface area contributed by atoms with Crippen molar-refractivity contribution in [2.24, 2.45) is 7.05 Å². The first kappa shape index (κ1) is 22.8. The number of carbonyl (C=O) groups is 2. The predicted octanol–water partition coefficient (Wildman–Crippen LogP) is 4.31. The van der Waals surface area contributed by atoms with E-state index in [1.807, 2.05) is 46.0 Å². The van der Waals surface area contributed by atoms with Crippen LogP contribution in [0.15, 0.2) is 47.6 Å². The third-order valence-corrected chi connectivity index (χ3v) is 6.06. The number of hydrogen-bond donors (Lipinski definition) is 2. The van der Waals surface area contributed by atoms with E-state index in [9.17, 15) is 9.59 Å². The Balaban J connectivity index is 1.59. The first-order valence-electron chi connectivity index (χ1n) is 9.71. The van der Waals surface area contributed by atoms with Crippen molar-refractivity contribution in [2.45, 2.75) is 32.0 Å². The van der Waals surface area contributed by atoms with Crippen molar-refractivity contribution in [3.8, 4) is 0 Å². The van der Waals surface area contributed by atoms with E-state index in [1.165, 1.54) is 11.8 Å². The van der Waals surface area contributed by atoms with Crippen LogP contribution in [0.2, 0.25) is 5.02 Å². The molecule has 0 saturated carbocycles. The average Bonchev–Trinajstić information content (AvgIpc) is 3.10. The van der Waals surface area contributed by atoms with Crippen LogP contribution < -0.4 is 10.6 Å². The summed E-state index contributed by atoms with van der Waals surface area (Å²) in [5, 5.41) is 15.4. The molecule has 3 aromatic rings. The maximum Gasteiger partial charge on any atom is 0.251 e. The van der Waals surface area contributed by atoms with Crippen molar-refractivity contribution < 1.29 is 9.59 Å². The van der Waals surface area contributed by atoms with Gasteiger partial charge in [0.15, 0.2) is 11.0 Å². The van der Waals surface area contributed by atoms with E-state index in [0.29, 0.717) is 21.6 Å². The highest BCUT2D eigenvalue weighted by Crippen LogP contribution is 2.22. The van der Waals surface area contributed by atoms with Gasteiger partial charge < -0.3 is 15.2 Å². The molecule has 162 valence electrons. The molecule has 0 spiro atoms. The Kier molecular flexibility index (Phi) is 7.35. The summed E-state index contributed by atoms with van der Waals surface area (Å²) in [7, 11) is 1.81. The molecule has 1 heterocycles. The molecule has 2 N–H and O–H groups in total. The lowest BCUT2D eigenvalue weighted by Crippen LogP contribution is -2.28. The number of para-hydroxylation sites is 1. The number of aryl methyl sites for hydroxylation is 2. The smallest absolute Gasteiger partial charge is 0.251 e. The summed E-state index contributed by atoms with van der Waals surface area (Å²) in [5.41, 5.74) is 3.38. The van der Waals surface area contributed by atoms with Crippen molar-refractivity contribution in [3.05, 3.63) is 70.0 Å². The molecule has 0 unspecified atom stereocenters. The Morgan fingerprint density at radius 3 is 2.39 bits per heavy atom. The summed E-state index contributed by atoms with van der Waals surface area (Å²) in [4.78, 5) is 24.8. The van der Waals surface area contributed by atoms with E-state index < -0.39 is 0 Å². The molecule has 1 atom stereocenters. The van der Waals surface area contributed by atoms with Gasteiger partial charge in [-0.15, -0.1) is 10.2 Å². The molecule has 0 bridgehead atoms. The SMILES string of the molecule is Cc1cccc(C)c1NC(=O)CSc1nnc([C@@H](C)NC(=O)c2ccc(Cl)cc2)n1C. The monoisotopic (exact) mass is 457 g/mol. The fraction of sp³-hybridized carbons (Fsp3) is 0.273. The van der Waals surface area contributed by atoms with Gasteiger partial charge in [-0.2, -0.15) is 0 Å². The molecule has 0 radical (unpaired) electrons. The number of carbonyl (C=O) groups excluding carboxylic acids is 2. The lowest BCUT2D eigenvalue weighted by molar-refractivity contribution is -0.113. The topological polar surface area (TPSA) is 88.9 Å². The first-order chi connectivity index (χ1) is 14.8. The summed E-state index contributed by atoms with van der Waals surface area (Å²) >= 11 is 7.16. The molecule has 0 aliphatic heterocycles. The van der Waals surface area contributed by atoms with E-state index in [4.69, 9.17) is 11.6 Å². The van der Waals surface area contributed by atoms with E-state index >= 15 is 0 Å². The number of nitrogens with zero attached hydrogens (tertiary/aromatic N) is 3. The number of anilines is 1. The first-order valence-corrected chi connectivity index (χ1v) is 11.1. The maximum absolute atomic E-state index is 12.4. The molecule has 31 heavy (non-hydrogen) atoms. The van der Waals surface area contributed by atoms with Crippen molar-refractivity contribution >= 4 is 40.9 Å². The summed E-state index contributed by atoms with van der Waals surface area (Å²) in [6.07, 6.45) is 0. The van der Waals surface area contributed by atoms with Crippen molar-refractivity contribution in [1.82, 2.24) is 20.1 Å². The highest BCUT2D eigenvalue weighted by molar-refractivity contribution is 7.99. The molecule has 0 aliphatic rings. The van der Waals surface area contributed by atoms with Gasteiger partial charge in [0.1, 0.15) is 0 Å². The standard InChI is InChI=1S/C22H24ClN5O2S/c1-13-6-5-7-14(2)19(13)25-18(29)12-31-22-27-26-20(28(22)4)15(3)24-21(30)16-8-10-17(23)11-9-16/h5-11,15H,12H2,1-4H3,(H,24,30)(H,25,29)/t15-/m1/s1. The minimum Gasteiger partial charge on any atom is -0.342 e. The highest BCUT2D eigenvalue weighted by atomic mass is 35.5. The molecule has 3 rings (SSSR count). The molecule has 9 heteroatoms. The molecule has 0 fully saturated rings. The van der Waals surface area contributed by atoms with Gasteiger partial charge in [0.05, 0.1) is 11.8 Å². The molecule has 0 saturated heterocycles. The van der Waals surface area contributed by atoms with Crippen molar-refractivity contribution in [3.63, 3.8) is 0 Å². The van der Waals surface area contributed by atoms with Gasteiger partial charge in [-0.25, -0.2) is 0 Å². The van der Waals surface area contributed by atoms with E-state index in [1.54, 1.807) is 28.8 Å². The Bertz CT molecular complexity index is 1080. The largest absolute Gasteiger partial charge is 0.342 e. The van der Waals surface area contributed by atoms with Crippen molar-refractivity contribution in [1.29, 1.82) is 0 Å². The second-order valence-electron chi connectivity index (χ2n) is 7.21. The zero-order valence-electron chi connectivity index (χ0n) is 17.8. The summed E-state index contributed by atoms with van der Waals surface area (Å²) < 4.78 is 1.78. The molecule has 7 nitrogen and oxygen atoms in total. The van der Waals surface area contributed by atoms with Crippen LogP contribution in [0.5, 0.6) is 0 Å². The number of nitrogens with one attached hydrogen (secondary N) is 2. The molecule has 0 aliphatic carbocycles. The van der Waals surface area contributed by atoms with Gasteiger partial charge in [-0.1, -0.05) is 41.6 Å². The molecular weight excluding hydrogens is 434 g/mol. The van der Waals surface area contributed by atoms with Crippen LogP contribution in [0.4, 0.5) is 5.69 Å². The zero-order valence-corrected chi connectivity index (χ0v) is 19.3. The molecule has 2 aromatic carbocycles. The summed E-state index contributed by atoms with van der Waals surface area (Å²) in [5.74, 6) is 0.455. The van der Waals surface area contributed by atoms with Gasteiger partial charge in [-0.3, -0.25) is 9.59 Å². The van der Waals surface area contributed by atoms with Gasteiger partial charge in [0, 0.05) is 23.3 Å². The van der Waals surface area contributed by atoms with E-state index in [-0.39, 0.29) is 23.6 Å². The predicted molar refractivity (Wildman–Crippen MR) is 124 cm³/mol. The third-order valence-electron chi connectivity index (χ3n) is 4.79. The number of aromatic nitrogens is 3. The molecule has 2 amide bonds. The lowest BCUT2D eigenvalue weighted by atomic mass is 10.1. The normalized spacial score (nSPS) is 11.8. The van der Waals surface area contributed by atoms with Crippen LogP contribution in [-0.2, 0) is 11.8 Å². The highest BCUT2D eigenvalue weighted by Gasteiger charge is 2.19. The van der Waals surface area contributed by atoms with Gasteiger partial charge in [-0.05, 0) is 56.2 Å². The summed E-state index contributed by atoms with van der Waals surface area (Å²) in [6, 6.07) is 12.2. The number of halogens is 1. The quantitative estimate of drug-likeness (QED) is 0.516. The minimum atomic E-state index is -0.363. The second-order valence-corrected chi connectivity index (χ2v) is 8.58. The third kappa shape index (κ3) is 5.65. The lowest BCUT2D eigenvalue weighted by Gasteiger charge is -2.14. The Morgan fingerprint density at radius 2 is 1.74 bits per heavy atom. The number of thioether (sulfide) groups is 1. The van der Waals surface area contributed by atoms with Crippen LogP contribution in [0, 0.1) is 13.8 Å². The van der Waals surface area contributed by atoms with Crippen LogP contribution in [0.3, 0.4) is 0 Å². The van der Waals surface area contributed by atoms with Crippen molar-refractivity contribution in [2.75, 3.05) is 11.1 Å². The van der Waals surface area contributed by atoms with Crippen LogP contribution >= 0.6 is 23.4 Å². The second kappa shape index (κ2) is 9.98. The average molecular weight is 458 g/mol. The Morgan fingerprint density at radius 1 is 1.10 bits per heavy atom.